The summed E-state index contributed by atoms with van der Waals surface area (Å²) < 4.78 is 0. The maximum atomic E-state index is 5.92. The Labute approximate surface area is 161 Å². The van der Waals surface area contributed by atoms with Crippen molar-refractivity contribution in [2.45, 2.75) is 13.8 Å². The average molecular weight is 375 g/mol. The van der Waals surface area contributed by atoms with Crippen LogP contribution in [0.2, 0.25) is 0 Å². The van der Waals surface area contributed by atoms with E-state index in [4.69, 9.17) is 5.73 Å². The number of aryl methyl sites for hydroxylation is 1. The lowest BCUT2D eigenvalue weighted by Crippen LogP contribution is -2.16. The van der Waals surface area contributed by atoms with E-state index in [1.807, 2.05) is 18.2 Å². The van der Waals surface area contributed by atoms with E-state index in [1.165, 1.54) is 17.5 Å². The lowest BCUT2D eigenvalue weighted by molar-refractivity contribution is 1.04. The predicted molar refractivity (Wildman–Crippen MR) is 110 cm³/mol. The van der Waals surface area contributed by atoms with Crippen molar-refractivity contribution >= 4 is 28.7 Å². The van der Waals surface area contributed by atoms with Crippen LogP contribution in [0, 0.1) is 13.8 Å². The normalized spacial score (nSPS) is 10.9. The average Bonchev–Trinajstić information content (AvgIpc) is 3.16. The Kier molecular flexibility index (Phi) is 4.71. The summed E-state index contributed by atoms with van der Waals surface area (Å²) in [5, 5.41) is 6.53. The second-order valence-corrected chi connectivity index (χ2v) is 6.42. The third-order valence-electron chi connectivity index (χ3n) is 4.56. The number of anilines is 3. The number of aromatic amines is 1. The van der Waals surface area contributed by atoms with E-state index < -0.39 is 0 Å². The molecule has 0 spiro atoms. The first kappa shape index (κ1) is 17.7. The molecule has 3 aromatic heterocycles. The molecule has 142 valence electrons. The van der Waals surface area contributed by atoms with Gasteiger partial charge in [-0.05, 0) is 25.0 Å². The number of fused-ring (bicyclic) bond motifs is 1. The lowest BCUT2D eigenvalue weighted by atomic mass is 10.0. The number of rotatable bonds is 6. The fourth-order valence-electron chi connectivity index (χ4n) is 2.99. The SMILES string of the molecule is Cc1cccc(-c2cc(NCCNc3ncnc4[nH]cnc34)nc(N)n2)c1C. The van der Waals surface area contributed by atoms with E-state index in [9.17, 15) is 0 Å². The molecule has 0 unspecified atom stereocenters. The van der Waals surface area contributed by atoms with Crippen LogP contribution >= 0.6 is 0 Å². The first-order chi connectivity index (χ1) is 13.6. The third-order valence-corrected chi connectivity index (χ3v) is 4.56. The molecule has 0 saturated carbocycles. The minimum atomic E-state index is 0.239. The van der Waals surface area contributed by atoms with Gasteiger partial charge in [-0.3, -0.25) is 0 Å². The molecule has 9 nitrogen and oxygen atoms in total. The second kappa shape index (κ2) is 7.47. The van der Waals surface area contributed by atoms with Gasteiger partial charge in [-0.25, -0.2) is 19.9 Å². The lowest BCUT2D eigenvalue weighted by Gasteiger charge is -2.12. The maximum Gasteiger partial charge on any atom is 0.222 e. The number of benzene rings is 1. The molecule has 0 bridgehead atoms. The number of nitrogen functional groups attached to an aromatic ring is 1. The van der Waals surface area contributed by atoms with Crippen LogP contribution in [0.15, 0.2) is 36.9 Å². The molecule has 0 fully saturated rings. The van der Waals surface area contributed by atoms with Gasteiger partial charge in [0.15, 0.2) is 11.5 Å². The van der Waals surface area contributed by atoms with Crippen LogP contribution in [-0.4, -0.2) is 43.0 Å². The molecule has 3 heterocycles. The number of hydrogen-bond acceptors (Lipinski definition) is 8. The van der Waals surface area contributed by atoms with Gasteiger partial charge in [0.2, 0.25) is 5.95 Å². The Morgan fingerprint density at radius 2 is 1.89 bits per heavy atom. The molecule has 4 aromatic rings. The van der Waals surface area contributed by atoms with Gasteiger partial charge in [-0.15, -0.1) is 0 Å². The highest BCUT2D eigenvalue weighted by Gasteiger charge is 2.09. The summed E-state index contributed by atoms with van der Waals surface area (Å²) in [5.41, 5.74) is 11.6. The van der Waals surface area contributed by atoms with Crippen LogP contribution in [0.3, 0.4) is 0 Å². The van der Waals surface area contributed by atoms with Gasteiger partial charge in [0.25, 0.3) is 0 Å². The van der Waals surface area contributed by atoms with Crippen molar-refractivity contribution in [1.29, 1.82) is 0 Å². The van der Waals surface area contributed by atoms with E-state index in [-0.39, 0.29) is 5.95 Å². The number of imidazole rings is 1. The molecule has 0 aliphatic heterocycles. The van der Waals surface area contributed by atoms with Crippen molar-refractivity contribution in [3.05, 3.63) is 48.0 Å². The zero-order chi connectivity index (χ0) is 19.5. The molecule has 0 saturated heterocycles. The van der Waals surface area contributed by atoms with Gasteiger partial charge in [-0.2, -0.15) is 4.98 Å². The first-order valence-electron chi connectivity index (χ1n) is 8.95. The van der Waals surface area contributed by atoms with Crippen molar-refractivity contribution < 1.29 is 0 Å². The summed E-state index contributed by atoms with van der Waals surface area (Å²) in [7, 11) is 0. The molecule has 0 radical (unpaired) electrons. The van der Waals surface area contributed by atoms with Gasteiger partial charge < -0.3 is 21.4 Å². The van der Waals surface area contributed by atoms with Crippen molar-refractivity contribution in [2.24, 2.45) is 0 Å². The number of nitrogens with one attached hydrogen (secondary N) is 3. The standard InChI is InChI=1S/C19H21N9/c1-11-4-3-5-13(12(11)2)14-8-15(28-19(20)27-14)21-6-7-22-17-16-18(24-9-23-16)26-10-25-17/h3-5,8-10H,6-7H2,1-2H3,(H3,20,21,27,28)(H2,22,23,24,25,26). The Hall–Kier alpha value is -3.75. The molecule has 0 aliphatic carbocycles. The fraction of sp³-hybridized carbons (Fsp3) is 0.211. The first-order valence-corrected chi connectivity index (χ1v) is 8.95. The van der Waals surface area contributed by atoms with Crippen LogP contribution < -0.4 is 16.4 Å². The molecule has 0 amide bonds. The van der Waals surface area contributed by atoms with Crippen molar-refractivity contribution in [1.82, 2.24) is 29.9 Å². The van der Waals surface area contributed by atoms with Crippen LogP contribution in [0.5, 0.6) is 0 Å². The van der Waals surface area contributed by atoms with E-state index >= 15 is 0 Å². The van der Waals surface area contributed by atoms with Crippen LogP contribution in [0.4, 0.5) is 17.6 Å². The summed E-state index contributed by atoms with van der Waals surface area (Å²) in [6.07, 6.45) is 3.10. The number of hydrogen-bond donors (Lipinski definition) is 4. The van der Waals surface area contributed by atoms with E-state index in [1.54, 1.807) is 6.33 Å². The van der Waals surface area contributed by atoms with E-state index in [0.717, 1.165) is 11.3 Å². The van der Waals surface area contributed by atoms with Crippen molar-refractivity contribution in [3.63, 3.8) is 0 Å². The molecule has 5 N–H and O–H groups in total. The molecule has 28 heavy (non-hydrogen) atoms. The highest BCUT2D eigenvalue weighted by Crippen LogP contribution is 2.26. The van der Waals surface area contributed by atoms with Crippen molar-refractivity contribution in [2.75, 3.05) is 29.5 Å². The Bertz CT molecular complexity index is 1120. The molecule has 4 rings (SSSR count). The number of nitrogens with two attached hydrogens (primary N) is 1. The maximum absolute atomic E-state index is 5.92. The summed E-state index contributed by atoms with van der Waals surface area (Å²) in [4.78, 5) is 24.2. The topological polar surface area (TPSA) is 130 Å². The van der Waals surface area contributed by atoms with Crippen molar-refractivity contribution in [3.8, 4) is 11.3 Å². The van der Waals surface area contributed by atoms with E-state index in [2.05, 4.69) is 60.5 Å². The minimum Gasteiger partial charge on any atom is -0.368 e. The van der Waals surface area contributed by atoms with Crippen LogP contribution in [0.1, 0.15) is 11.1 Å². The Balaban J connectivity index is 1.45. The van der Waals surface area contributed by atoms with Gasteiger partial charge in [-0.1, -0.05) is 18.2 Å². The minimum absolute atomic E-state index is 0.239. The summed E-state index contributed by atoms with van der Waals surface area (Å²) >= 11 is 0. The monoisotopic (exact) mass is 375 g/mol. The highest BCUT2D eigenvalue weighted by atomic mass is 15.1. The molecule has 1 aromatic carbocycles. The Morgan fingerprint density at radius 3 is 2.79 bits per heavy atom. The van der Waals surface area contributed by atoms with Gasteiger partial charge in [0.05, 0.1) is 12.0 Å². The Morgan fingerprint density at radius 1 is 1.04 bits per heavy atom. The van der Waals surface area contributed by atoms with Gasteiger partial charge in [0, 0.05) is 24.7 Å². The number of nitrogens with zero attached hydrogens (tertiary/aromatic N) is 5. The number of H-pyrrole nitrogens is 1. The molecular weight excluding hydrogens is 354 g/mol. The predicted octanol–water partition coefficient (Wildman–Crippen LogP) is 2.53. The molecule has 9 heteroatoms. The van der Waals surface area contributed by atoms with Crippen LogP contribution in [0.25, 0.3) is 22.4 Å². The summed E-state index contributed by atoms with van der Waals surface area (Å²) in [5.74, 6) is 1.60. The van der Waals surface area contributed by atoms with E-state index in [0.29, 0.717) is 35.9 Å². The largest absolute Gasteiger partial charge is 0.368 e. The van der Waals surface area contributed by atoms with Crippen LogP contribution in [-0.2, 0) is 0 Å². The summed E-state index contributed by atoms with van der Waals surface area (Å²) in [6, 6.07) is 8.05. The molecule has 0 aliphatic rings. The fourth-order valence-corrected chi connectivity index (χ4v) is 2.99. The van der Waals surface area contributed by atoms with Gasteiger partial charge >= 0.3 is 0 Å². The molecule has 0 atom stereocenters. The smallest absolute Gasteiger partial charge is 0.222 e. The van der Waals surface area contributed by atoms with Gasteiger partial charge in [0.1, 0.15) is 17.7 Å². The quantitative estimate of drug-likeness (QED) is 0.378. The summed E-state index contributed by atoms with van der Waals surface area (Å²) in [6.45, 7) is 5.41. The highest BCUT2D eigenvalue weighted by molar-refractivity contribution is 5.81. The third kappa shape index (κ3) is 3.54. The number of aromatic nitrogens is 6. The zero-order valence-electron chi connectivity index (χ0n) is 15.7. The molecular formula is C19H21N9. The second-order valence-electron chi connectivity index (χ2n) is 6.42. The zero-order valence-corrected chi connectivity index (χ0v) is 15.7.